The summed E-state index contributed by atoms with van der Waals surface area (Å²) in [7, 11) is 1.40. The molecule has 7 heteroatoms. The number of nitrogens with two attached hydrogens (primary N) is 1. The summed E-state index contributed by atoms with van der Waals surface area (Å²) in [6.07, 6.45) is 0. The van der Waals surface area contributed by atoms with Crippen LogP contribution in [0.3, 0.4) is 0 Å². The van der Waals surface area contributed by atoms with E-state index in [-0.39, 0.29) is 11.4 Å². The summed E-state index contributed by atoms with van der Waals surface area (Å²) < 4.78 is 19.7. The third-order valence-corrected chi connectivity index (χ3v) is 3.10. The Kier molecular flexibility index (Phi) is 4.11. The number of ether oxygens (including phenoxy) is 1. The molecule has 1 aromatic heterocycles. The SMILES string of the molecule is CCn1nc(C)c(N)c1C(=O)Nc1ccc(F)cc1OC. The second kappa shape index (κ2) is 5.82. The van der Waals surface area contributed by atoms with Crippen molar-refractivity contribution in [1.82, 2.24) is 9.78 Å². The van der Waals surface area contributed by atoms with Gasteiger partial charge in [0.1, 0.15) is 17.3 Å². The van der Waals surface area contributed by atoms with Crippen LogP contribution in [0.2, 0.25) is 0 Å². The normalized spacial score (nSPS) is 10.5. The smallest absolute Gasteiger partial charge is 0.276 e. The van der Waals surface area contributed by atoms with Crippen LogP contribution in [0.15, 0.2) is 18.2 Å². The summed E-state index contributed by atoms with van der Waals surface area (Å²) in [5.74, 6) is -0.625. The van der Waals surface area contributed by atoms with Gasteiger partial charge in [0.25, 0.3) is 5.91 Å². The maximum atomic E-state index is 13.2. The number of carbonyl (C=O) groups is 1. The van der Waals surface area contributed by atoms with Gasteiger partial charge in [-0.15, -0.1) is 0 Å². The molecule has 0 atom stereocenters. The van der Waals surface area contributed by atoms with E-state index in [1.807, 2.05) is 6.92 Å². The van der Waals surface area contributed by atoms with Gasteiger partial charge >= 0.3 is 0 Å². The molecule has 2 aromatic rings. The van der Waals surface area contributed by atoms with Crippen molar-refractivity contribution >= 4 is 17.3 Å². The highest BCUT2D eigenvalue weighted by Gasteiger charge is 2.20. The Morgan fingerprint density at radius 3 is 2.86 bits per heavy atom. The van der Waals surface area contributed by atoms with Gasteiger partial charge in [0.15, 0.2) is 0 Å². The maximum absolute atomic E-state index is 13.2. The molecule has 0 saturated heterocycles. The molecule has 21 heavy (non-hydrogen) atoms. The molecule has 1 heterocycles. The van der Waals surface area contributed by atoms with Crippen LogP contribution < -0.4 is 15.8 Å². The lowest BCUT2D eigenvalue weighted by Gasteiger charge is -2.11. The van der Waals surface area contributed by atoms with Crippen molar-refractivity contribution in [2.45, 2.75) is 20.4 Å². The number of nitrogens with zero attached hydrogens (tertiary/aromatic N) is 2. The van der Waals surface area contributed by atoms with E-state index in [4.69, 9.17) is 10.5 Å². The first-order chi connectivity index (χ1) is 9.97. The number of carbonyl (C=O) groups excluding carboxylic acids is 1. The number of hydrogen-bond acceptors (Lipinski definition) is 4. The zero-order valence-corrected chi connectivity index (χ0v) is 12.1. The molecular weight excluding hydrogens is 275 g/mol. The van der Waals surface area contributed by atoms with Crippen LogP contribution >= 0.6 is 0 Å². The number of aryl methyl sites for hydroxylation is 2. The lowest BCUT2D eigenvalue weighted by Crippen LogP contribution is -2.19. The van der Waals surface area contributed by atoms with Crippen molar-refractivity contribution in [3.05, 3.63) is 35.4 Å². The summed E-state index contributed by atoms with van der Waals surface area (Å²) >= 11 is 0. The average molecular weight is 292 g/mol. The topological polar surface area (TPSA) is 82.2 Å². The minimum absolute atomic E-state index is 0.237. The highest BCUT2D eigenvalue weighted by atomic mass is 19.1. The molecular formula is C14H17FN4O2. The van der Waals surface area contributed by atoms with Crippen LogP contribution in [-0.2, 0) is 6.54 Å². The van der Waals surface area contributed by atoms with Crippen molar-refractivity contribution in [2.75, 3.05) is 18.2 Å². The average Bonchev–Trinajstić information content (AvgIpc) is 2.76. The molecule has 0 bridgehead atoms. The number of halogens is 1. The van der Waals surface area contributed by atoms with Crippen LogP contribution in [0.25, 0.3) is 0 Å². The van der Waals surface area contributed by atoms with E-state index < -0.39 is 11.7 Å². The fourth-order valence-corrected chi connectivity index (χ4v) is 2.01. The monoisotopic (exact) mass is 292 g/mol. The van der Waals surface area contributed by atoms with Crippen LogP contribution in [0, 0.1) is 12.7 Å². The van der Waals surface area contributed by atoms with Crippen molar-refractivity contribution in [3.63, 3.8) is 0 Å². The Balaban J connectivity index is 2.35. The lowest BCUT2D eigenvalue weighted by atomic mass is 10.2. The van der Waals surface area contributed by atoms with Crippen molar-refractivity contribution < 1.29 is 13.9 Å². The Bertz CT molecular complexity index is 682. The second-order valence-electron chi connectivity index (χ2n) is 4.46. The molecule has 0 fully saturated rings. The van der Waals surface area contributed by atoms with Gasteiger partial charge in [-0.25, -0.2) is 4.39 Å². The molecule has 0 unspecified atom stereocenters. The summed E-state index contributed by atoms with van der Waals surface area (Å²) in [5, 5.41) is 6.85. The first-order valence-corrected chi connectivity index (χ1v) is 6.45. The largest absolute Gasteiger partial charge is 0.494 e. The molecule has 0 radical (unpaired) electrons. The molecule has 6 nitrogen and oxygen atoms in total. The molecule has 0 aliphatic rings. The van der Waals surface area contributed by atoms with E-state index in [0.29, 0.717) is 23.6 Å². The maximum Gasteiger partial charge on any atom is 0.276 e. The standard InChI is InChI=1S/C14H17FN4O2/c1-4-19-13(12(16)8(2)18-19)14(20)17-10-6-5-9(15)7-11(10)21-3/h5-7H,4,16H2,1-3H3,(H,17,20). The van der Waals surface area contributed by atoms with Crippen LogP contribution in [0.4, 0.5) is 15.8 Å². The van der Waals surface area contributed by atoms with E-state index in [1.165, 1.54) is 30.0 Å². The van der Waals surface area contributed by atoms with E-state index >= 15 is 0 Å². The van der Waals surface area contributed by atoms with Gasteiger partial charge in [0.2, 0.25) is 0 Å². The fraction of sp³-hybridized carbons (Fsp3) is 0.286. The zero-order valence-electron chi connectivity index (χ0n) is 12.1. The Morgan fingerprint density at radius 1 is 1.52 bits per heavy atom. The number of anilines is 2. The Labute approximate surface area is 121 Å². The van der Waals surface area contributed by atoms with Gasteiger partial charge in [-0.3, -0.25) is 9.48 Å². The van der Waals surface area contributed by atoms with E-state index in [0.717, 1.165) is 0 Å². The number of nitrogens with one attached hydrogen (secondary N) is 1. The first kappa shape index (κ1) is 14.8. The molecule has 0 aliphatic heterocycles. The number of methoxy groups -OCH3 is 1. The van der Waals surface area contributed by atoms with Crippen molar-refractivity contribution in [1.29, 1.82) is 0 Å². The molecule has 3 N–H and O–H groups in total. The Morgan fingerprint density at radius 2 is 2.24 bits per heavy atom. The van der Waals surface area contributed by atoms with Crippen LogP contribution in [-0.4, -0.2) is 22.8 Å². The number of rotatable bonds is 4. The van der Waals surface area contributed by atoms with Crippen LogP contribution in [0.1, 0.15) is 23.1 Å². The number of benzene rings is 1. The number of nitrogen functional groups attached to an aromatic ring is 1. The summed E-state index contributed by atoms with van der Waals surface area (Å²) in [6.45, 7) is 4.11. The molecule has 112 valence electrons. The van der Waals surface area contributed by atoms with Gasteiger partial charge < -0.3 is 15.8 Å². The van der Waals surface area contributed by atoms with Crippen LogP contribution in [0.5, 0.6) is 5.75 Å². The third kappa shape index (κ3) is 2.81. The number of hydrogen-bond donors (Lipinski definition) is 2. The fourth-order valence-electron chi connectivity index (χ4n) is 2.01. The van der Waals surface area contributed by atoms with Gasteiger partial charge in [-0.05, 0) is 26.0 Å². The van der Waals surface area contributed by atoms with E-state index in [2.05, 4.69) is 10.4 Å². The molecule has 0 aliphatic carbocycles. The predicted molar refractivity (Wildman–Crippen MR) is 78.0 cm³/mol. The van der Waals surface area contributed by atoms with E-state index in [9.17, 15) is 9.18 Å². The summed E-state index contributed by atoms with van der Waals surface area (Å²) in [6, 6.07) is 3.87. The highest BCUT2D eigenvalue weighted by Crippen LogP contribution is 2.26. The first-order valence-electron chi connectivity index (χ1n) is 6.45. The van der Waals surface area contributed by atoms with Gasteiger partial charge in [0.05, 0.1) is 24.2 Å². The Hall–Kier alpha value is -2.57. The second-order valence-corrected chi connectivity index (χ2v) is 4.46. The third-order valence-electron chi connectivity index (χ3n) is 3.10. The number of aromatic nitrogens is 2. The molecule has 0 saturated carbocycles. The zero-order chi connectivity index (χ0) is 15.6. The molecule has 0 spiro atoms. The molecule has 1 aromatic carbocycles. The minimum atomic E-state index is -0.446. The minimum Gasteiger partial charge on any atom is -0.494 e. The quantitative estimate of drug-likeness (QED) is 0.905. The van der Waals surface area contributed by atoms with Gasteiger partial charge in [-0.1, -0.05) is 0 Å². The van der Waals surface area contributed by atoms with Crippen molar-refractivity contribution in [3.8, 4) is 5.75 Å². The number of amides is 1. The lowest BCUT2D eigenvalue weighted by molar-refractivity contribution is 0.101. The summed E-state index contributed by atoms with van der Waals surface area (Å²) in [4.78, 5) is 12.4. The van der Waals surface area contributed by atoms with Gasteiger partial charge in [-0.2, -0.15) is 5.10 Å². The predicted octanol–water partition coefficient (Wildman–Crippen LogP) is 2.19. The highest BCUT2D eigenvalue weighted by molar-refractivity contribution is 6.07. The molecule has 2 rings (SSSR count). The summed E-state index contributed by atoms with van der Waals surface area (Å²) in [5.41, 5.74) is 7.46. The molecule has 1 amide bonds. The van der Waals surface area contributed by atoms with E-state index in [1.54, 1.807) is 6.92 Å². The van der Waals surface area contributed by atoms with Crippen molar-refractivity contribution in [2.24, 2.45) is 0 Å². The van der Waals surface area contributed by atoms with Gasteiger partial charge in [0, 0.05) is 12.6 Å².